The predicted octanol–water partition coefficient (Wildman–Crippen LogP) is 2.67. The average molecular weight is 496 g/mol. The Morgan fingerprint density at radius 3 is 2.39 bits per heavy atom. The SMILES string of the molecule is CCN(CC)C(=O)c1cccc(NC(=O)COC(=O)CCNS(=O)(=O)c2cccc(Cl)c2)c1. The number of rotatable bonds is 11. The number of carbonyl (C=O) groups is 3. The molecule has 0 radical (unpaired) electrons. The van der Waals surface area contributed by atoms with Gasteiger partial charge >= 0.3 is 5.97 Å². The molecular weight excluding hydrogens is 470 g/mol. The number of halogens is 1. The summed E-state index contributed by atoms with van der Waals surface area (Å²) < 4.78 is 31.5. The Morgan fingerprint density at radius 2 is 1.73 bits per heavy atom. The highest BCUT2D eigenvalue weighted by Gasteiger charge is 2.16. The molecule has 9 nitrogen and oxygen atoms in total. The van der Waals surface area contributed by atoms with Crippen LogP contribution in [0, 0.1) is 0 Å². The number of hydrogen-bond donors (Lipinski definition) is 2. The van der Waals surface area contributed by atoms with Crippen LogP contribution < -0.4 is 10.0 Å². The predicted molar refractivity (Wildman–Crippen MR) is 125 cm³/mol. The molecule has 0 aliphatic carbocycles. The van der Waals surface area contributed by atoms with E-state index in [0.717, 1.165) is 0 Å². The van der Waals surface area contributed by atoms with E-state index < -0.39 is 28.5 Å². The van der Waals surface area contributed by atoms with Crippen molar-refractivity contribution < 1.29 is 27.5 Å². The van der Waals surface area contributed by atoms with Crippen molar-refractivity contribution in [1.29, 1.82) is 0 Å². The topological polar surface area (TPSA) is 122 Å². The third kappa shape index (κ3) is 8.16. The zero-order valence-electron chi connectivity index (χ0n) is 18.3. The molecule has 2 aromatic carbocycles. The number of nitrogens with one attached hydrogen (secondary N) is 2. The minimum atomic E-state index is -3.82. The lowest BCUT2D eigenvalue weighted by atomic mass is 10.1. The third-order valence-electron chi connectivity index (χ3n) is 4.54. The van der Waals surface area contributed by atoms with Crippen LogP contribution in [0.3, 0.4) is 0 Å². The summed E-state index contributed by atoms with van der Waals surface area (Å²) in [5, 5.41) is 2.83. The van der Waals surface area contributed by atoms with E-state index in [-0.39, 0.29) is 28.8 Å². The van der Waals surface area contributed by atoms with Gasteiger partial charge in [-0.05, 0) is 50.2 Å². The molecule has 0 aliphatic heterocycles. The van der Waals surface area contributed by atoms with Crippen molar-refractivity contribution in [2.45, 2.75) is 25.2 Å². The van der Waals surface area contributed by atoms with Gasteiger partial charge < -0.3 is 15.0 Å². The van der Waals surface area contributed by atoms with Crippen molar-refractivity contribution in [3.05, 3.63) is 59.1 Å². The van der Waals surface area contributed by atoms with E-state index >= 15 is 0 Å². The molecule has 2 N–H and O–H groups in total. The summed E-state index contributed by atoms with van der Waals surface area (Å²) in [6.07, 6.45) is -0.263. The number of benzene rings is 2. The van der Waals surface area contributed by atoms with Crippen LogP contribution in [0.25, 0.3) is 0 Å². The second-order valence-corrected chi connectivity index (χ2v) is 9.08. The molecule has 0 aliphatic rings. The number of nitrogens with zero attached hydrogens (tertiary/aromatic N) is 1. The fourth-order valence-electron chi connectivity index (χ4n) is 2.84. The van der Waals surface area contributed by atoms with Crippen molar-refractivity contribution in [1.82, 2.24) is 9.62 Å². The lowest BCUT2D eigenvalue weighted by Crippen LogP contribution is -2.30. The van der Waals surface area contributed by atoms with E-state index in [2.05, 4.69) is 10.0 Å². The third-order valence-corrected chi connectivity index (χ3v) is 6.23. The van der Waals surface area contributed by atoms with Crippen LogP contribution in [0.4, 0.5) is 5.69 Å². The van der Waals surface area contributed by atoms with Gasteiger partial charge in [-0.3, -0.25) is 14.4 Å². The highest BCUT2D eigenvalue weighted by molar-refractivity contribution is 7.89. The molecule has 0 fully saturated rings. The Hall–Kier alpha value is -2.95. The van der Waals surface area contributed by atoms with Gasteiger partial charge in [0, 0.05) is 35.9 Å². The summed E-state index contributed by atoms with van der Waals surface area (Å²) in [6, 6.07) is 12.2. The first-order valence-electron chi connectivity index (χ1n) is 10.3. The zero-order chi connectivity index (χ0) is 24.4. The van der Waals surface area contributed by atoms with Crippen LogP contribution >= 0.6 is 11.6 Å². The van der Waals surface area contributed by atoms with Crippen molar-refractivity contribution in [2.75, 3.05) is 31.6 Å². The number of ether oxygens (including phenoxy) is 1. The number of esters is 1. The quantitative estimate of drug-likeness (QED) is 0.462. The Kier molecular flexibility index (Phi) is 9.83. The van der Waals surface area contributed by atoms with Crippen molar-refractivity contribution in [2.24, 2.45) is 0 Å². The lowest BCUT2D eigenvalue weighted by molar-refractivity contribution is -0.147. The number of anilines is 1. The molecule has 0 unspecified atom stereocenters. The number of sulfonamides is 1. The molecule has 0 bridgehead atoms. The lowest BCUT2D eigenvalue weighted by Gasteiger charge is -2.19. The van der Waals surface area contributed by atoms with Crippen LogP contribution in [0.2, 0.25) is 5.02 Å². The molecule has 0 aromatic heterocycles. The van der Waals surface area contributed by atoms with E-state index in [1.807, 2.05) is 13.8 Å². The molecule has 0 spiro atoms. The first-order valence-corrected chi connectivity index (χ1v) is 12.1. The fourth-order valence-corrected chi connectivity index (χ4v) is 4.18. The highest BCUT2D eigenvalue weighted by atomic mass is 35.5. The maximum Gasteiger partial charge on any atom is 0.307 e. The maximum absolute atomic E-state index is 12.4. The molecule has 178 valence electrons. The monoisotopic (exact) mass is 495 g/mol. The molecule has 0 saturated heterocycles. The Balaban J connectivity index is 1.80. The molecule has 33 heavy (non-hydrogen) atoms. The minimum absolute atomic E-state index is 0.0237. The smallest absolute Gasteiger partial charge is 0.307 e. The van der Waals surface area contributed by atoms with E-state index in [0.29, 0.717) is 24.3 Å². The van der Waals surface area contributed by atoms with Crippen LogP contribution in [0.15, 0.2) is 53.4 Å². The van der Waals surface area contributed by atoms with Crippen LogP contribution in [-0.4, -0.2) is 57.3 Å². The number of amides is 2. The second-order valence-electron chi connectivity index (χ2n) is 6.87. The summed E-state index contributed by atoms with van der Waals surface area (Å²) in [5.41, 5.74) is 0.823. The molecule has 2 amide bonds. The second kappa shape index (κ2) is 12.3. The van der Waals surface area contributed by atoms with Crippen molar-refractivity contribution in [3.8, 4) is 0 Å². The van der Waals surface area contributed by atoms with Crippen molar-refractivity contribution >= 4 is 45.1 Å². The van der Waals surface area contributed by atoms with Gasteiger partial charge in [0.25, 0.3) is 11.8 Å². The Morgan fingerprint density at radius 1 is 1.03 bits per heavy atom. The van der Waals surface area contributed by atoms with Gasteiger partial charge in [0.2, 0.25) is 10.0 Å². The van der Waals surface area contributed by atoms with E-state index in [1.165, 1.54) is 18.2 Å². The zero-order valence-corrected chi connectivity index (χ0v) is 19.9. The normalized spacial score (nSPS) is 11.0. The molecule has 0 saturated carbocycles. The van der Waals surface area contributed by atoms with Gasteiger partial charge in [0.15, 0.2) is 6.61 Å². The molecular formula is C22H26ClN3O6S. The Labute approximate surface area is 198 Å². The summed E-state index contributed by atoms with van der Waals surface area (Å²) in [7, 11) is -3.82. The minimum Gasteiger partial charge on any atom is -0.456 e. The average Bonchev–Trinajstić information content (AvgIpc) is 2.78. The standard InChI is InChI=1S/C22H26ClN3O6S/c1-3-26(4-2)22(29)16-7-5-9-18(13-16)25-20(27)15-32-21(28)11-12-24-33(30,31)19-10-6-8-17(23)14-19/h5-10,13-14,24H,3-4,11-12,15H2,1-2H3,(H,25,27). The molecule has 0 atom stereocenters. The highest BCUT2D eigenvalue weighted by Crippen LogP contribution is 2.15. The summed E-state index contributed by atoms with van der Waals surface area (Å²) in [6.45, 7) is 4.14. The van der Waals surface area contributed by atoms with Gasteiger partial charge in [0.05, 0.1) is 11.3 Å². The van der Waals surface area contributed by atoms with Gasteiger partial charge in [-0.2, -0.15) is 0 Å². The maximum atomic E-state index is 12.4. The van der Waals surface area contributed by atoms with Gasteiger partial charge in [-0.15, -0.1) is 0 Å². The van der Waals surface area contributed by atoms with Gasteiger partial charge in [-0.25, -0.2) is 13.1 Å². The van der Waals surface area contributed by atoms with Crippen molar-refractivity contribution in [3.63, 3.8) is 0 Å². The van der Waals surface area contributed by atoms with Crippen LogP contribution in [0.1, 0.15) is 30.6 Å². The first kappa shape index (κ1) is 26.3. The largest absolute Gasteiger partial charge is 0.456 e. The van der Waals surface area contributed by atoms with Gasteiger partial charge in [-0.1, -0.05) is 23.7 Å². The molecule has 2 aromatic rings. The van der Waals surface area contributed by atoms with E-state index in [9.17, 15) is 22.8 Å². The Bertz CT molecular complexity index is 1100. The number of carbonyl (C=O) groups excluding carboxylic acids is 3. The van der Waals surface area contributed by atoms with E-state index in [4.69, 9.17) is 16.3 Å². The summed E-state index contributed by atoms with van der Waals surface area (Å²) in [5.74, 6) is -1.48. The molecule has 2 rings (SSSR count). The fraction of sp³-hybridized carbons (Fsp3) is 0.318. The van der Waals surface area contributed by atoms with Crippen LogP contribution in [0.5, 0.6) is 0 Å². The molecule has 0 heterocycles. The number of hydrogen-bond acceptors (Lipinski definition) is 6. The first-order chi connectivity index (χ1) is 15.7. The van der Waals surface area contributed by atoms with Crippen LogP contribution in [-0.2, 0) is 24.3 Å². The summed E-state index contributed by atoms with van der Waals surface area (Å²) >= 11 is 5.79. The van der Waals surface area contributed by atoms with E-state index in [1.54, 1.807) is 35.2 Å². The van der Waals surface area contributed by atoms with Gasteiger partial charge in [0.1, 0.15) is 0 Å². The molecule has 11 heteroatoms. The summed E-state index contributed by atoms with van der Waals surface area (Å²) in [4.78, 5) is 38.0.